The van der Waals surface area contributed by atoms with Crippen LogP contribution >= 0.6 is 0 Å². The molecule has 0 unspecified atom stereocenters. The van der Waals surface area contributed by atoms with Gasteiger partial charge in [-0.1, -0.05) is 0 Å². The van der Waals surface area contributed by atoms with Crippen LogP contribution in [-0.2, 0) is 5.54 Å². The molecule has 2 rings (SSSR count). The van der Waals surface area contributed by atoms with E-state index in [4.69, 9.17) is 4.42 Å². The molecule has 0 radical (unpaired) electrons. The molecule has 0 aliphatic heterocycles. The first-order valence-electron chi connectivity index (χ1n) is 4.59. The van der Waals surface area contributed by atoms with Crippen molar-refractivity contribution in [2.24, 2.45) is 0 Å². The highest BCUT2D eigenvalue weighted by Gasteiger charge is 2.16. The molecule has 3 nitrogen and oxygen atoms in total. The molecular weight excluding hydrogens is 178 g/mol. The van der Waals surface area contributed by atoms with Crippen LogP contribution in [0.2, 0.25) is 0 Å². The second-order valence-electron chi connectivity index (χ2n) is 4.37. The van der Waals surface area contributed by atoms with Gasteiger partial charge in [0.25, 0.3) is 5.56 Å². The smallest absolute Gasteiger partial charge is 0.294 e. The van der Waals surface area contributed by atoms with Gasteiger partial charge in [0.15, 0.2) is 5.58 Å². The Labute approximate surface area is 82.0 Å². The number of fused-ring (bicyclic) bond motifs is 1. The maximum absolute atomic E-state index is 11.9. The molecular formula is C11H13NO2. The molecule has 14 heavy (non-hydrogen) atoms. The van der Waals surface area contributed by atoms with Gasteiger partial charge in [-0.05, 0) is 32.9 Å². The lowest BCUT2D eigenvalue weighted by Crippen LogP contribution is -2.32. The standard InChI is InChI=1S/C11H13NO2/c1-11(2,3)12-6-4-8-5-7-14-9(8)10(12)13/h4-7H,1-3H3. The Kier molecular flexibility index (Phi) is 1.77. The van der Waals surface area contributed by atoms with Crippen LogP contribution in [0.4, 0.5) is 0 Å². The fourth-order valence-electron chi connectivity index (χ4n) is 1.48. The Balaban J connectivity index is 2.81. The predicted octanol–water partition coefficient (Wildman–Crippen LogP) is 2.35. The number of furan rings is 1. The quantitative estimate of drug-likeness (QED) is 0.640. The third kappa shape index (κ3) is 1.25. The van der Waals surface area contributed by atoms with Crippen molar-refractivity contribution in [3.8, 4) is 0 Å². The first-order valence-corrected chi connectivity index (χ1v) is 4.59. The molecule has 0 amide bonds. The largest absolute Gasteiger partial charge is 0.459 e. The summed E-state index contributed by atoms with van der Waals surface area (Å²) in [6, 6.07) is 3.69. The number of hydrogen-bond acceptors (Lipinski definition) is 2. The van der Waals surface area contributed by atoms with E-state index in [0.717, 1.165) is 5.39 Å². The van der Waals surface area contributed by atoms with E-state index < -0.39 is 0 Å². The van der Waals surface area contributed by atoms with Crippen LogP contribution in [0, 0.1) is 0 Å². The lowest BCUT2D eigenvalue weighted by Gasteiger charge is -2.21. The summed E-state index contributed by atoms with van der Waals surface area (Å²) < 4.78 is 6.83. The van der Waals surface area contributed by atoms with Crippen LogP contribution in [0.25, 0.3) is 11.0 Å². The third-order valence-corrected chi connectivity index (χ3v) is 2.23. The molecule has 2 aromatic heterocycles. The number of aromatic nitrogens is 1. The fourth-order valence-corrected chi connectivity index (χ4v) is 1.48. The van der Waals surface area contributed by atoms with Crippen molar-refractivity contribution >= 4 is 11.0 Å². The van der Waals surface area contributed by atoms with Gasteiger partial charge in [-0.2, -0.15) is 0 Å². The summed E-state index contributed by atoms with van der Waals surface area (Å²) >= 11 is 0. The van der Waals surface area contributed by atoms with E-state index in [1.54, 1.807) is 23.1 Å². The first-order chi connectivity index (χ1) is 6.50. The molecule has 2 heterocycles. The van der Waals surface area contributed by atoms with E-state index in [1.807, 2.05) is 26.8 Å². The lowest BCUT2D eigenvalue weighted by atomic mass is 10.1. The molecule has 0 fully saturated rings. The van der Waals surface area contributed by atoms with Gasteiger partial charge in [0, 0.05) is 17.1 Å². The van der Waals surface area contributed by atoms with Gasteiger partial charge in [-0.15, -0.1) is 0 Å². The minimum absolute atomic E-state index is 0.0694. The number of pyridine rings is 1. The normalized spacial score (nSPS) is 12.2. The van der Waals surface area contributed by atoms with Gasteiger partial charge in [-0.25, -0.2) is 0 Å². The van der Waals surface area contributed by atoms with Crippen molar-refractivity contribution in [2.75, 3.05) is 0 Å². The highest BCUT2D eigenvalue weighted by atomic mass is 16.3. The van der Waals surface area contributed by atoms with Crippen LogP contribution in [0.15, 0.2) is 33.8 Å². The average Bonchev–Trinajstić information content (AvgIpc) is 2.50. The molecule has 0 aliphatic carbocycles. The van der Waals surface area contributed by atoms with Crippen LogP contribution in [0.5, 0.6) is 0 Å². The zero-order valence-corrected chi connectivity index (χ0v) is 8.57. The summed E-state index contributed by atoms with van der Waals surface area (Å²) in [6.45, 7) is 5.97. The van der Waals surface area contributed by atoms with Crippen molar-refractivity contribution in [2.45, 2.75) is 26.3 Å². The van der Waals surface area contributed by atoms with Crippen molar-refractivity contribution in [1.29, 1.82) is 0 Å². The summed E-state index contributed by atoms with van der Waals surface area (Å²) in [5.74, 6) is 0. The van der Waals surface area contributed by atoms with Crippen LogP contribution in [0.1, 0.15) is 20.8 Å². The van der Waals surface area contributed by atoms with Gasteiger partial charge in [0.1, 0.15) is 0 Å². The van der Waals surface area contributed by atoms with Crippen molar-refractivity contribution < 1.29 is 4.42 Å². The second-order valence-corrected chi connectivity index (χ2v) is 4.37. The Morgan fingerprint density at radius 3 is 2.64 bits per heavy atom. The maximum Gasteiger partial charge on any atom is 0.294 e. The Morgan fingerprint density at radius 2 is 2.00 bits per heavy atom. The van der Waals surface area contributed by atoms with E-state index >= 15 is 0 Å². The SMILES string of the molecule is CC(C)(C)n1ccc2ccoc2c1=O. The summed E-state index contributed by atoms with van der Waals surface area (Å²) in [6.07, 6.45) is 3.35. The Hall–Kier alpha value is -1.51. The average molecular weight is 191 g/mol. The molecule has 0 N–H and O–H groups in total. The van der Waals surface area contributed by atoms with Gasteiger partial charge in [0.2, 0.25) is 0 Å². The van der Waals surface area contributed by atoms with Crippen LogP contribution < -0.4 is 5.56 Å². The molecule has 3 heteroatoms. The van der Waals surface area contributed by atoms with Crippen molar-refractivity contribution in [3.63, 3.8) is 0 Å². The highest BCUT2D eigenvalue weighted by Crippen LogP contribution is 2.15. The second kappa shape index (κ2) is 2.74. The molecule has 0 spiro atoms. The molecule has 0 aromatic carbocycles. The lowest BCUT2D eigenvalue weighted by molar-refractivity contribution is 0.383. The van der Waals surface area contributed by atoms with Crippen molar-refractivity contribution in [1.82, 2.24) is 4.57 Å². The van der Waals surface area contributed by atoms with E-state index in [0.29, 0.717) is 5.58 Å². The predicted molar refractivity (Wildman–Crippen MR) is 55.5 cm³/mol. The van der Waals surface area contributed by atoms with Gasteiger partial charge in [-0.3, -0.25) is 4.79 Å². The van der Waals surface area contributed by atoms with E-state index in [-0.39, 0.29) is 11.1 Å². The zero-order chi connectivity index (χ0) is 10.3. The number of nitrogens with zero attached hydrogens (tertiary/aromatic N) is 1. The minimum atomic E-state index is -0.210. The Bertz CT molecular complexity index is 514. The van der Waals surface area contributed by atoms with Gasteiger partial charge in [0.05, 0.1) is 6.26 Å². The van der Waals surface area contributed by atoms with E-state index in [2.05, 4.69) is 0 Å². The summed E-state index contributed by atoms with van der Waals surface area (Å²) in [5, 5.41) is 0.857. The molecule has 2 aromatic rings. The van der Waals surface area contributed by atoms with Gasteiger partial charge >= 0.3 is 0 Å². The molecule has 74 valence electrons. The minimum Gasteiger partial charge on any atom is -0.459 e. The fraction of sp³-hybridized carbons (Fsp3) is 0.364. The number of hydrogen-bond donors (Lipinski definition) is 0. The molecule has 0 bridgehead atoms. The monoisotopic (exact) mass is 191 g/mol. The first kappa shape index (κ1) is 9.06. The number of rotatable bonds is 0. The summed E-state index contributed by atoms with van der Waals surface area (Å²) in [5.41, 5.74) is 0.153. The van der Waals surface area contributed by atoms with Crippen LogP contribution in [0.3, 0.4) is 0 Å². The molecule has 0 atom stereocenters. The van der Waals surface area contributed by atoms with Crippen molar-refractivity contribution in [3.05, 3.63) is 34.9 Å². The van der Waals surface area contributed by atoms with Gasteiger partial charge < -0.3 is 8.98 Å². The molecule has 0 saturated heterocycles. The van der Waals surface area contributed by atoms with Crippen LogP contribution in [-0.4, -0.2) is 4.57 Å². The maximum atomic E-state index is 11.9. The zero-order valence-electron chi connectivity index (χ0n) is 8.57. The summed E-state index contributed by atoms with van der Waals surface area (Å²) in [7, 11) is 0. The Morgan fingerprint density at radius 1 is 1.29 bits per heavy atom. The molecule has 0 saturated carbocycles. The third-order valence-electron chi connectivity index (χ3n) is 2.23. The van der Waals surface area contributed by atoms with E-state index in [9.17, 15) is 4.79 Å². The topological polar surface area (TPSA) is 35.1 Å². The summed E-state index contributed by atoms with van der Waals surface area (Å²) in [4.78, 5) is 11.9. The van der Waals surface area contributed by atoms with E-state index in [1.165, 1.54) is 0 Å². The molecule has 0 aliphatic rings. The highest BCUT2D eigenvalue weighted by molar-refractivity contribution is 5.75.